The summed E-state index contributed by atoms with van der Waals surface area (Å²) in [5.41, 5.74) is 3.91. The second kappa shape index (κ2) is 8.66. The number of pyridine rings is 1. The number of nitrogens with two attached hydrogens (primary N) is 1. The summed E-state index contributed by atoms with van der Waals surface area (Å²) in [6.45, 7) is 2.73. The second-order valence-electron chi connectivity index (χ2n) is 6.76. The Morgan fingerprint density at radius 2 is 1.68 bits per heavy atom. The molecule has 0 aliphatic carbocycles. The van der Waals surface area contributed by atoms with Crippen LogP contribution >= 0.6 is 0 Å². The van der Waals surface area contributed by atoms with E-state index in [0.717, 1.165) is 16.8 Å². The van der Waals surface area contributed by atoms with Crippen LogP contribution in [0.1, 0.15) is 12.5 Å². The lowest BCUT2D eigenvalue weighted by Crippen LogP contribution is -2.12. The van der Waals surface area contributed by atoms with E-state index in [4.69, 9.17) is 14.9 Å². The van der Waals surface area contributed by atoms with Crippen molar-refractivity contribution in [1.82, 2.24) is 15.0 Å². The molecule has 31 heavy (non-hydrogen) atoms. The van der Waals surface area contributed by atoms with E-state index in [-0.39, 0.29) is 4.90 Å². The van der Waals surface area contributed by atoms with Gasteiger partial charge in [0.2, 0.25) is 21.9 Å². The molecule has 0 amide bonds. The molecule has 2 aromatic carbocycles. The number of primary sulfonamides is 1. The number of sulfonamides is 1. The van der Waals surface area contributed by atoms with Gasteiger partial charge in [0, 0.05) is 12.1 Å². The number of aromatic nitrogens is 3. The average molecular weight is 436 g/mol. The molecule has 0 saturated carbocycles. The van der Waals surface area contributed by atoms with E-state index in [9.17, 15) is 8.42 Å². The lowest BCUT2D eigenvalue weighted by atomic mass is 10.1. The van der Waals surface area contributed by atoms with Gasteiger partial charge in [0.05, 0.1) is 22.7 Å². The van der Waals surface area contributed by atoms with Gasteiger partial charge in [-0.2, -0.15) is 4.98 Å². The lowest BCUT2D eigenvalue weighted by molar-refractivity contribution is 0.330. The van der Waals surface area contributed by atoms with Gasteiger partial charge in [0.25, 0.3) is 0 Å². The summed E-state index contributed by atoms with van der Waals surface area (Å²) in [5.74, 6) is 0.790. The highest BCUT2D eigenvalue weighted by molar-refractivity contribution is 7.89. The Morgan fingerprint density at radius 1 is 0.935 bits per heavy atom. The van der Waals surface area contributed by atoms with Crippen molar-refractivity contribution < 1.29 is 13.2 Å². The van der Waals surface area contributed by atoms with Crippen molar-refractivity contribution in [1.29, 1.82) is 0 Å². The van der Waals surface area contributed by atoms with Crippen molar-refractivity contribution in [3.63, 3.8) is 0 Å². The zero-order valence-electron chi connectivity index (χ0n) is 16.8. The first-order chi connectivity index (χ1) is 14.9. The first kappa shape index (κ1) is 20.7. The molecule has 0 aliphatic rings. The monoisotopic (exact) mass is 435 g/mol. The van der Waals surface area contributed by atoms with Crippen molar-refractivity contribution >= 4 is 27.0 Å². The van der Waals surface area contributed by atoms with E-state index in [0.29, 0.717) is 36.0 Å². The fourth-order valence-electron chi connectivity index (χ4n) is 3.05. The molecule has 3 N–H and O–H groups in total. The minimum atomic E-state index is -3.72. The molecule has 0 saturated heterocycles. The smallest absolute Gasteiger partial charge is 0.245 e. The molecule has 4 rings (SSSR count). The molecule has 0 aliphatic heterocycles. The summed E-state index contributed by atoms with van der Waals surface area (Å²) in [4.78, 5) is 13.8. The van der Waals surface area contributed by atoms with E-state index in [2.05, 4.69) is 15.3 Å². The molecular formula is C22H21N5O3S. The van der Waals surface area contributed by atoms with Crippen LogP contribution in [0.25, 0.3) is 22.3 Å². The van der Waals surface area contributed by atoms with Crippen LogP contribution in [0.15, 0.2) is 71.6 Å². The molecule has 158 valence electrons. The number of anilines is 1. The van der Waals surface area contributed by atoms with Crippen LogP contribution in [-0.2, 0) is 16.6 Å². The Bertz CT molecular complexity index is 1310. The quantitative estimate of drug-likeness (QED) is 0.457. The van der Waals surface area contributed by atoms with Crippen LogP contribution in [0.3, 0.4) is 0 Å². The summed E-state index contributed by atoms with van der Waals surface area (Å²) >= 11 is 0. The minimum absolute atomic E-state index is 0.0668. The third-order valence-corrected chi connectivity index (χ3v) is 5.49. The Hall–Kier alpha value is -3.56. The zero-order chi connectivity index (χ0) is 21.8. The predicted molar refractivity (Wildman–Crippen MR) is 119 cm³/mol. The third-order valence-electron chi connectivity index (χ3n) is 4.56. The summed E-state index contributed by atoms with van der Waals surface area (Å²) in [7, 11) is -3.72. The number of fused-ring (bicyclic) bond motifs is 1. The highest BCUT2D eigenvalue weighted by Crippen LogP contribution is 2.26. The maximum absolute atomic E-state index is 11.4. The largest absolute Gasteiger partial charge is 0.476 e. The van der Waals surface area contributed by atoms with Gasteiger partial charge in [-0.25, -0.2) is 23.5 Å². The molecule has 0 spiro atoms. The van der Waals surface area contributed by atoms with E-state index in [1.165, 1.54) is 12.1 Å². The van der Waals surface area contributed by atoms with Crippen molar-refractivity contribution in [2.75, 3.05) is 11.9 Å². The van der Waals surface area contributed by atoms with Gasteiger partial charge < -0.3 is 10.1 Å². The van der Waals surface area contributed by atoms with Crippen LogP contribution in [0.5, 0.6) is 5.88 Å². The van der Waals surface area contributed by atoms with E-state index in [1.807, 2.05) is 49.4 Å². The number of nitrogens with zero attached hydrogens (tertiary/aromatic N) is 3. The standard InChI is InChI=1S/C22H21N5O3S/c1-2-30-21-20-19(13-12-18(25-20)16-6-4-3-5-7-16)26-22(27-21)24-14-15-8-10-17(11-9-15)31(23,28)29/h3-13H,2,14H2,1H3,(H2,23,28,29)(H,24,26,27). The SMILES string of the molecule is CCOc1nc(NCc2ccc(S(N)(=O)=O)cc2)nc2ccc(-c3ccccc3)nc12. The molecule has 0 bridgehead atoms. The maximum Gasteiger partial charge on any atom is 0.245 e. The third kappa shape index (κ3) is 4.79. The Balaban J connectivity index is 1.61. The number of benzene rings is 2. The van der Waals surface area contributed by atoms with Crippen LogP contribution in [0.4, 0.5) is 5.95 Å². The predicted octanol–water partition coefficient (Wildman–Crippen LogP) is 3.35. The van der Waals surface area contributed by atoms with Gasteiger partial charge in [-0.3, -0.25) is 0 Å². The average Bonchev–Trinajstić information content (AvgIpc) is 2.78. The molecule has 4 aromatic rings. The summed E-state index contributed by atoms with van der Waals surface area (Å²) in [5, 5.41) is 8.28. The normalized spacial score (nSPS) is 11.4. The number of hydrogen-bond acceptors (Lipinski definition) is 7. The molecule has 2 aromatic heterocycles. The van der Waals surface area contributed by atoms with Crippen molar-refractivity contribution in [2.45, 2.75) is 18.4 Å². The van der Waals surface area contributed by atoms with Crippen LogP contribution in [-0.4, -0.2) is 30.0 Å². The lowest BCUT2D eigenvalue weighted by Gasteiger charge is -2.11. The molecule has 0 radical (unpaired) electrons. The highest BCUT2D eigenvalue weighted by atomic mass is 32.2. The Morgan fingerprint density at radius 3 is 2.35 bits per heavy atom. The molecule has 0 atom stereocenters. The Labute approximate surface area is 180 Å². The van der Waals surface area contributed by atoms with Crippen molar-refractivity contribution in [3.05, 3.63) is 72.3 Å². The highest BCUT2D eigenvalue weighted by Gasteiger charge is 2.12. The second-order valence-corrected chi connectivity index (χ2v) is 8.32. The first-order valence-electron chi connectivity index (χ1n) is 9.66. The van der Waals surface area contributed by atoms with E-state index >= 15 is 0 Å². The van der Waals surface area contributed by atoms with Crippen LogP contribution in [0.2, 0.25) is 0 Å². The topological polar surface area (TPSA) is 120 Å². The molecule has 0 unspecified atom stereocenters. The van der Waals surface area contributed by atoms with Gasteiger partial charge in [-0.15, -0.1) is 0 Å². The Kier molecular flexibility index (Phi) is 5.79. The summed E-state index contributed by atoms with van der Waals surface area (Å²) in [6.07, 6.45) is 0. The molecule has 2 heterocycles. The van der Waals surface area contributed by atoms with Gasteiger partial charge in [0.15, 0.2) is 5.52 Å². The van der Waals surface area contributed by atoms with Gasteiger partial charge in [-0.05, 0) is 36.8 Å². The number of rotatable bonds is 7. The number of hydrogen-bond donors (Lipinski definition) is 2. The number of nitrogens with one attached hydrogen (secondary N) is 1. The summed E-state index contributed by atoms with van der Waals surface area (Å²) < 4.78 is 28.5. The van der Waals surface area contributed by atoms with Gasteiger partial charge in [0.1, 0.15) is 0 Å². The fourth-order valence-corrected chi connectivity index (χ4v) is 3.57. The molecule has 9 heteroatoms. The molecule has 0 fully saturated rings. The van der Waals surface area contributed by atoms with Crippen LogP contribution in [0, 0.1) is 0 Å². The minimum Gasteiger partial charge on any atom is -0.476 e. The maximum atomic E-state index is 11.4. The fraction of sp³-hybridized carbons (Fsp3) is 0.136. The van der Waals surface area contributed by atoms with E-state index < -0.39 is 10.0 Å². The zero-order valence-corrected chi connectivity index (χ0v) is 17.6. The van der Waals surface area contributed by atoms with Gasteiger partial charge >= 0.3 is 0 Å². The number of ether oxygens (including phenoxy) is 1. The first-order valence-corrected chi connectivity index (χ1v) is 11.2. The van der Waals surface area contributed by atoms with Crippen molar-refractivity contribution in [3.8, 4) is 17.1 Å². The summed E-state index contributed by atoms with van der Waals surface area (Å²) in [6, 6.07) is 20.0. The van der Waals surface area contributed by atoms with E-state index in [1.54, 1.807) is 12.1 Å². The molecule has 8 nitrogen and oxygen atoms in total. The van der Waals surface area contributed by atoms with Crippen LogP contribution < -0.4 is 15.2 Å². The van der Waals surface area contributed by atoms with Crippen molar-refractivity contribution in [2.24, 2.45) is 5.14 Å². The van der Waals surface area contributed by atoms with Gasteiger partial charge in [-0.1, -0.05) is 42.5 Å². The molecular weight excluding hydrogens is 414 g/mol.